The number of para-hydroxylation sites is 1. The van der Waals surface area contributed by atoms with Crippen LogP contribution < -0.4 is 4.74 Å². The van der Waals surface area contributed by atoms with Gasteiger partial charge >= 0.3 is 0 Å². The molecule has 2 aromatic rings. The molecule has 0 aromatic heterocycles. The maximum absolute atomic E-state index is 10.4. The van der Waals surface area contributed by atoms with Crippen molar-refractivity contribution in [3.63, 3.8) is 0 Å². The highest BCUT2D eigenvalue weighted by Gasteiger charge is 2.29. The first-order chi connectivity index (χ1) is 9.24. The molecule has 3 heteroatoms. The lowest BCUT2D eigenvalue weighted by Crippen LogP contribution is -2.30. The maximum atomic E-state index is 10.4. The smallest absolute Gasteiger partial charge is 0.129 e. The predicted molar refractivity (Wildman–Crippen MR) is 72.2 cm³/mol. The van der Waals surface area contributed by atoms with Gasteiger partial charge in [0, 0.05) is 0 Å². The van der Waals surface area contributed by atoms with Gasteiger partial charge in [0.1, 0.15) is 23.7 Å². The van der Waals surface area contributed by atoms with Crippen LogP contribution in [0.25, 0.3) is 0 Å². The van der Waals surface area contributed by atoms with Crippen LogP contribution in [0, 0.1) is 0 Å². The van der Waals surface area contributed by atoms with Crippen LogP contribution in [0.5, 0.6) is 11.5 Å². The van der Waals surface area contributed by atoms with Crippen molar-refractivity contribution < 1.29 is 14.9 Å². The molecule has 19 heavy (non-hydrogen) atoms. The van der Waals surface area contributed by atoms with Gasteiger partial charge in [0.15, 0.2) is 0 Å². The number of aryl methyl sites for hydroxylation is 1. The van der Waals surface area contributed by atoms with Crippen molar-refractivity contribution in [1.29, 1.82) is 0 Å². The Labute approximate surface area is 112 Å². The van der Waals surface area contributed by atoms with Gasteiger partial charge in [-0.25, -0.2) is 0 Å². The SMILES string of the molecule is Oc1ccc2c(c1)[C@@H](O)[C@H](Oc1ccccc1)CC2. The van der Waals surface area contributed by atoms with Crippen LogP contribution in [-0.4, -0.2) is 16.3 Å². The van der Waals surface area contributed by atoms with Crippen molar-refractivity contribution in [2.24, 2.45) is 0 Å². The fourth-order valence-electron chi connectivity index (χ4n) is 2.54. The largest absolute Gasteiger partial charge is 0.508 e. The summed E-state index contributed by atoms with van der Waals surface area (Å²) >= 11 is 0. The summed E-state index contributed by atoms with van der Waals surface area (Å²) in [6.07, 6.45) is 0.658. The Morgan fingerprint density at radius 1 is 1.05 bits per heavy atom. The van der Waals surface area contributed by atoms with Gasteiger partial charge in [-0.15, -0.1) is 0 Å². The summed E-state index contributed by atoms with van der Waals surface area (Å²) in [5.41, 5.74) is 1.85. The number of hydrogen-bond donors (Lipinski definition) is 2. The van der Waals surface area contributed by atoms with Crippen LogP contribution in [0.3, 0.4) is 0 Å². The molecule has 2 atom stereocenters. The Balaban J connectivity index is 1.83. The first kappa shape index (κ1) is 12.1. The number of aliphatic hydroxyl groups is 1. The lowest BCUT2D eigenvalue weighted by Gasteiger charge is -2.30. The molecule has 2 N–H and O–H groups in total. The van der Waals surface area contributed by atoms with Gasteiger partial charge in [-0.2, -0.15) is 0 Å². The molecule has 0 saturated heterocycles. The predicted octanol–water partition coefficient (Wildman–Crippen LogP) is 2.82. The zero-order valence-electron chi connectivity index (χ0n) is 10.5. The Kier molecular flexibility index (Phi) is 3.13. The van der Waals surface area contributed by atoms with Crippen molar-refractivity contribution >= 4 is 0 Å². The van der Waals surface area contributed by atoms with Crippen molar-refractivity contribution in [3.05, 3.63) is 59.7 Å². The molecule has 98 valence electrons. The highest BCUT2D eigenvalue weighted by Crippen LogP contribution is 2.34. The molecule has 0 radical (unpaired) electrons. The van der Waals surface area contributed by atoms with Gasteiger partial charge in [-0.05, 0) is 48.2 Å². The van der Waals surface area contributed by atoms with Gasteiger partial charge in [0.25, 0.3) is 0 Å². The zero-order valence-corrected chi connectivity index (χ0v) is 10.5. The molecular formula is C16H16O3. The van der Waals surface area contributed by atoms with E-state index in [0.717, 1.165) is 29.7 Å². The summed E-state index contributed by atoms with van der Waals surface area (Å²) < 4.78 is 5.83. The Hall–Kier alpha value is -2.00. The first-order valence-electron chi connectivity index (χ1n) is 6.45. The van der Waals surface area contributed by atoms with E-state index in [4.69, 9.17) is 4.74 Å². The molecule has 0 fully saturated rings. The molecule has 2 aromatic carbocycles. The van der Waals surface area contributed by atoms with E-state index in [9.17, 15) is 10.2 Å². The second-order valence-corrected chi connectivity index (χ2v) is 4.84. The summed E-state index contributed by atoms with van der Waals surface area (Å²) in [4.78, 5) is 0. The molecule has 3 rings (SSSR count). The van der Waals surface area contributed by atoms with E-state index in [-0.39, 0.29) is 11.9 Å². The minimum absolute atomic E-state index is 0.179. The van der Waals surface area contributed by atoms with Crippen LogP contribution >= 0.6 is 0 Å². The average molecular weight is 256 g/mol. The monoisotopic (exact) mass is 256 g/mol. The highest BCUT2D eigenvalue weighted by atomic mass is 16.5. The Bertz CT molecular complexity index is 565. The van der Waals surface area contributed by atoms with Crippen LogP contribution in [-0.2, 0) is 6.42 Å². The minimum atomic E-state index is -0.698. The summed E-state index contributed by atoms with van der Waals surface area (Å²) in [5.74, 6) is 0.938. The summed E-state index contributed by atoms with van der Waals surface area (Å²) in [5, 5.41) is 19.9. The molecule has 3 nitrogen and oxygen atoms in total. The summed E-state index contributed by atoms with van der Waals surface area (Å²) in [7, 11) is 0. The molecule has 0 heterocycles. The molecule has 1 aliphatic rings. The number of ether oxygens (including phenoxy) is 1. The summed E-state index contributed by atoms with van der Waals surface area (Å²) in [6, 6.07) is 14.7. The lowest BCUT2D eigenvalue weighted by atomic mass is 9.87. The van der Waals surface area contributed by atoms with E-state index in [1.165, 1.54) is 0 Å². The number of hydrogen-bond acceptors (Lipinski definition) is 3. The van der Waals surface area contributed by atoms with Crippen LogP contribution in [0.2, 0.25) is 0 Å². The standard InChI is InChI=1S/C16H16O3/c17-12-8-6-11-7-9-15(16(18)14(11)10-12)19-13-4-2-1-3-5-13/h1-6,8,10,15-18H,7,9H2/t15-,16-/m1/s1. The Morgan fingerprint density at radius 3 is 2.63 bits per heavy atom. The number of benzene rings is 2. The highest BCUT2D eigenvalue weighted by molar-refractivity contribution is 5.39. The number of rotatable bonds is 2. The normalized spacial score (nSPS) is 21.7. The fourth-order valence-corrected chi connectivity index (χ4v) is 2.54. The molecule has 0 aliphatic heterocycles. The molecule has 0 spiro atoms. The van der Waals surface area contributed by atoms with Gasteiger partial charge in [0.2, 0.25) is 0 Å². The second kappa shape index (κ2) is 4.94. The van der Waals surface area contributed by atoms with E-state index in [2.05, 4.69) is 0 Å². The maximum Gasteiger partial charge on any atom is 0.129 e. The minimum Gasteiger partial charge on any atom is -0.508 e. The number of aromatic hydroxyl groups is 1. The van der Waals surface area contributed by atoms with Crippen molar-refractivity contribution in [2.75, 3.05) is 0 Å². The first-order valence-corrected chi connectivity index (χ1v) is 6.45. The lowest BCUT2D eigenvalue weighted by molar-refractivity contribution is 0.0229. The van der Waals surface area contributed by atoms with Crippen LogP contribution in [0.4, 0.5) is 0 Å². The summed E-state index contributed by atoms with van der Waals surface area (Å²) in [6.45, 7) is 0. The third-order valence-electron chi connectivity index (χ3n) is 3.53. The molecule has 0 amide bonds. The number of fused-ring (bicyclic) bond motifs is 1. The van der Waals surface area contributed by atoms with Gasteiger partial charge in [-0.1, -0.05) is 24.3 Å². The number of aliphatic hydroxyl groups excluding tert-OH is 1. The van der Waals surface area contributed by atoms with Crippen molar-refractivity contribution in [1.82, 2.24) is 0 Å². The van der Waals surface area contributed by atoms with E-state index in [0.29, 0.717) is 0 Å². The van der Waals surface area contributed by atoms with E-state index in [1.54, 1.807) is 12.1 Å². The average Bonchev–Trinajstić information content (AvgIpc) is 2.44. The van der Waals surface area contributed by atoms with Gasteiger partial charge in [0.05, 0.1) is 0 Å². The topological polar surface area (TPSA) is 49.7 Å². The van der Waals surface area contributed by atoms with Gasteiger partial charge in [-0.3, -0.25) is 0 Å². The number of phenolic OH excluding ortho intramolecular Hbond substituents is 1. The van der Waals surface area contributed by atoms with E-state index in [1.807, 2.05) is 36.4 Å². The van der Waals surface area contributed by atoms with Crippen LogP contribution in [0.15, 0.2) is 48.5 Å². The molecule has 0 bridgehead atoms. The molecule has 0 unspecified atom stereocenters. The Morgan fingerprint density at radius 2 is 1.84 bits per heavy atom. The second-order valence-electron chi connectivity index (χ2n) is 4.84. The van der Waals surface area contributed by atoms with Crippen LogP contribution in [0.1, 0.15) is 23.7 Å². The van der Waals surface area contributed by atoms with Crippen molar-refractivity contribution in [2.45, 2.75) is 25.0 Å². The third-order valence-corrected chi connectivity index (χ3v) is 3.53. The quantitative estimate of drug-likeness (QED) is 0.868. The number of phenols is 1. The molecule has 1 aliphatic carbocycles. The van der Waals surface area contributed by atoms with Gasteiger partial charge < -0.3 is 14.9 Å². The fraction of sp³-hybridized carbons (Fsp3) is 0.250. The zero-order chi connectivity index (χ0) is 13.2. The molecule has 0 saturated carbocycles. The third kappa shape index (κ3) is 2.42. The molecular weight excluding hydrogens is 240 g/mol. The van der Waals surface area contributed by atoms with Crippen molar-refractivity contribution in [3.8, 4) is 11.5 Å². The van der Waals surface area contributed by atoms with E-state index >= 15 is 0 Å². The van der Waals surface area contributed by atoms with E-state index < -0.39 is 6.10 Å².